The van der Waals surface area contributed by atoms with Gasteiger partial charge in [-0.1, -0.05) is 12.1 Å². The maximum absolute atomic E-state index is 12.4. The van der Waals surface area contributed by atoms with E-state index in [1.165, 1.54) is 13.3 Å². The summed E-state index contributed by atoms with van der Waals surface area (Å²) in [7, 11) is 0. The summed E-state index contributed by atoms with van der Waals surface area (Å²) in [4.78, 5) is 28.8. The van der Waals surface area contributed by atoms with E-state index in [4.69, 9.17) is 4.74 Å². The van der Waals surface area contributed by atoms with Crippen molar-refractivity contribution in [3.05, 3.63) is 29.8 Å². The monoisotopic (exact) mass is 345 g/mol. The molecule has 3 saturated heterocycles. The third-order valence-electron chi connectivity index (χ3n) is 5.04. The van der Waals surface area contributed by atoms with Crippen molar-refractivity contribution in [3.8, 4) is 5.75 Å². The number of piperazine rings is 1. The van der Waals surface area contributed by atoms with Gasteiger partial charge in [0.2, 0.25) is 0 Å². The van der Waals surface area contributed by atoms with Crippen LogP contribution in [-0.2, 0) is 4.79 Å². The molecule has 0 aromatic heterocycles. The number of nitrogens with one attached hydrogen (secondary N) is 1. The molecular weight excluding hydrogens is 318 g/mol. The van der Waals surface area contributed by atoms with Crippen molar-refractivity contribution < 1.29 is 14.3 Å². The topological polar surface area (TPSA) is 61.9 Å². The van der Waals surface area contributed by atoms with Crippen molar-refractivity contribution in [1.29, 1.82) is 0 Å². The lowest BCUT2D eigenvalue weighted by Crippen LogP contribution is -2.55. The smallest absolute Gasteiger partial charge is 0.260 e. The molecule has 3 aliphatic heterocycles. The Morgan fingerprint density at radius 2 is 2.12 bits per heavy atom. The van der Waals surface area contributed by atoms with Crippen molar-refractivity contribution in [2.75, 3.05) is 39.3 Å². The van der Waals surface area contributed by atoms with E-state index < -0.39 is 6.10 Å². The van der Waals surface area contributed by atoms with Gasteiger partial charge in [0.05, 0.1) is 0 Å². The molecule has 1 aromatic rings. The number of nitrogens with zero attached hydrogens (tertiary/aromatic N) is 2. The number of carbonyl (C=O) groups is 2. The van der Waals surface area contributed by atoms with Gasteiger partial charge in [0.25, 0.3) is 5.91 Å². The Kier molecular flexibility index (Phi) is 5.71. The van der Waals surface area contributed by atoms with Crippen LogP contribution in [-0.4, -0.2) is 72.9 Å². The number of rotatable bonds is 6. The third kappa shape index (κ3) is 4.58. The minimum absolute atomic E-state index is 0.0185. The van der Waals surface area contributed by atoms with Crippen LogP contribution in [0.5, 0.6) is 5.75 Å². The molecule has 3 heterocycles. The van der Waals surface area contributed by atoms with Crippen LogP contribution < -0.4 is 10.1 Å². The first-order valence-electron chi connectivity index (χ1n) is 9.04. The fourth-order valence-corrected chi connectivity index (χ4v) is 3.55. The largest absolute Gasteiger partial charge is 0.481 e. The minimum Gasteiger partial charge on any atom is -0.481 e. The van der Waals surface area contributed by atoms with E-state index in [0.717, 1.165) is 32.7 Å². The summed E-state index contributed by atoms with van der Waals surface area (Å²) in [5, 5.41) is 3.02. The molecule has 2 bridgehead atoms. The highest BCUT2D eigenvalue weighted by Crippen LogP contribution is 2.17. The predicted octanol–water partition coefficient (Wildman–Crippen LogP) is 1.16. The number of amides is 1. The van der Waals surface area contributed by atoms with E-state index in [9.17, 15) is 9.59 Å². The fraction of sp³-hybridized carbons (Fsp3) is 0.579. The molecule has 4 rings (SSSR count). The summed E-state index contributed by atoms with van der Waals surface area (Å²) >= 11 is 0. The molecule has 0 aliphatic carbocycles. The summed E-state index contributed by atoms with van der Waals surface area (Å²) in [6, 6.07) is 7.33. The van der Waals surface area contributed by atoms with Crippen LogP contribution in [0.3, 0.4) is 0 Å². The lowest BCUT2D eigenvalue weighted by molar-refractivity contribution is -0.127. The van der Waals surface area contributed by atoms with Gasteiger partial charge >= 0.3 is 0 Å². The number of ketones is 1. The van der Waals surface area contributed by atoms with Crippen LogP contribution in [0.25, 0.3) is 0 Å². The number of carbonyl (C=O) groups excluding carboxylic acids is 2. The van der Waals surface area contributed by atoms with Gasteiger partial charge in [0.1, 0.15) is 5.75 Å². The molecule has 0 radical (unpaired) electrons. The predicted molar refractivity (Wildman–Crippen MR) is 96.0 cm³/mol. The van der Waals surface area contributed by atoms with Gasteiger partial charge in [-0.3, -0.25) is 14.5 Å². The molecule has 1 amide bonds. The average molecular weight is 345 g/mol. The number of benzene rings is 1. The maximum atomic E-state index is 12.4. The Bertz CT molecular complexity index is 630. The first kappa shape index (κ1) is 17.9. The number of hydrogen-bond donors (Lipinski definition) is 1. The Morgan fingerprint density at radius 3 is 2.92 bits per heavy atom. The Hall–Kier alpha value is -1.92. The molecule has 6 nitrogen and oxygen atoms in total. The van der Waals surface area contributed by atoms with Gasteiger partial charge in [0.15, 0.2) is 11.9 Å². The van der Waals surface area contributed by atoms with Gasteiger partial charge in [-0.05, 0) is 45.5 Å². The summed E-state index contributed by atoms with van der Waals surface area (Å²) in [5.74, 6) is 0.401. The van der Waals surface area contributed by atoms with Gasteiger partial charge in [-0.2, -0.15) is 0 Å². The Morgan fingerprint density at radius 1 is 1.28 bits per heavy atom. The molecule has 1 N–H and O–H groups in total. The van der Waals surface area contributed by atoms with Crippen LogP contribution in [0.1, 0.15) is 30.6 Å². The molecule has 136 valence electrons. The molecule has 0 spiro atoms. The zero-order valence-corrected chi connectivity index (χ0v) is 15.0. The zero-order chi connectivity index (χ0) is 17.8. The number of ether oxygens (including phenoxy) is 1. The Labute approximate surface area is 149 Å². The minimum atomic E-state index is -0.597. The van der Waals surface area contributed by atoms with Crippen molar-refractivity contribution >= 4 is 11.7 Å². The van der Waals surface area contributed by atoms with Crippen molar-refractivity contribution in [2.45, 2.75) is 32.4 Å². The number of fused-ring (bicyclic) bond motifs is 4. The van der Waals surface area contributed by atoms with E-state index in [0.29, 0.717) is 23.9 Å². The summed E-state index contributed by atoms with van der Waals surface area (Å²) < 4.78 is 5.71. The molecular formula is C19H27N3O3. The normalized spacial score (nSPS) is 26.6. The fourth-order valence-electron chi connectivity index (χ4n) is 3.55. The van der Waals surface area contributed by atoms with E-state index in [-0.39, 0.29) is 11.7 Å². The van der Waals surface area contributed by atoms with E-state index in [2.05, 4.69) is 15.1 Å². The molecule has 25 heavy (non-hydrogen) atoms. The number of Topliss-reactive ketones (excluding diaryl/α,β-unsaturated/α-hetero) is 1. The SMILES string of the molecule is CC(=O)c1cccc(O[C@@H](C)C(=O)NC[C@H]2CN3CCCN2CC3)c1. The molecule has 2 unspecified atom stereocenters. The zero-order valence-electron chi connectivity index (χ0n) is 15.0. The quantitative estimate of drug-likeness (QED) is 0.784. The molecule has 3 aliphatic rings. The van der Waals surface area contributed by atoms with Crippen LogP contribution in [0.15, 0.2) is 24.3 Å². The summed E-state index contributed by atoms with van der Waals surface area (Å²) in [5.41, 5.74) is 0.585. The van der Waals surface area contributed by atoms with Crippen LogP contribution >= 0.6 is 0 Å². The first-order chi connectivity index (χ1) is 12.0. The molecule has 4 atom stereocenters. The lowest BCUT2D eigenvalue weighted by atomic mass is 10.1. The highest BCUT2D eigenvalue weighted by molar-refractivity contribution is 5.94. The van der Waals surface area contributed by atoms with Gasteiger partial charge in [-0.15, -0.1) is 0 Å². The molecule has 3 fully saturated rings. The summed E-state index contributed by atoms with van der Waals surface area (Å²) in [6.45, 7) is 9.42. The highest BCUT2D eigenvalue weighted by Gasteiger charge is 2.30. The lowest BCUT2D eigenvalue weighted by Gasteiger charge is -2.37. The van der Waals surface area contributed by atoms with Crippen molar-refractivity contribution in [2.24, 2.45) is 0 Å². The second kappa shape index (κ2) is 7.97. The highest BCUT2D eigenvalue weighted by atomic mass is 16.5. The van der Waals surface area contributed by atoms with Crippen molar-refractivity contribution in [1.82, 2.24) is 15.1 Å². The Balaban J connectivity index is 1.51. The van der Waals surface area contributed by atoms with Gasteiger partial charge < -0.3 is 15.0 Å². The second-order valence-electron chi connectivity index (χ2n) is 6.93. The van der Waals surface area contributed by atoms with Crippen molar-refractivity contribution in [3.63, 3.8) is 0 Å². The first-order valence-corrected chi connectivity index (χ1v) is 9.04. The van der Waals surface area contributed by atoms with Crippen LogP contribution in [0.2, 0.25) is 0 Å². The van der Waals surface area contributed by atoms with E-state index in [1.807, 2.05) is 0 Å². The van der Waals surface area contributed by atoms with Gasteiger partial charge in [0, 0.05) is 37.8 Å². The van der Waals surface area contributed by atoms with Gasteiger partial charge in [-0.25, -0.2) is 0 Å². The van der Waals surface area contributed by atoms with E-state index in [1.54, 1.807) is 31.2 Å². The molecule has 0 saturated carbocycles. The standard InChI is InChI=1S/C19H27N3O3/c1-14(23)16-5-3-6-18(11-16)25-15(2)19(24)20-12-17-13-21-7-4-8-22(17)10-9-21/h3,5-6,11,15,17H,4,7-10,12-13H2,1-2H3,(H,20,24)/t15-,17-/m0/s1. The maximum Gasteiger partial charge on any atom is 0.260 e. The molecule has 6 heteroatoms. The summed E-state index contributed by atoms with van der Waals surface area (Å²) in [6.07, 6.45) is 0.608. The third-order valence-corrected chi connectivity index (χ3v) is 5.04. The van der Waals surface area contributed by atoms with Crippen LogP contribution in [0, 0.1) is 0 Å². The van der Waals surface area contributed by atoms with E-state index >= 15 is 0 Å². The number of hydrogen-bond acceptors (Lipinski definition) is 5. The second-order valence-corrected chi connectivity index (χ2v) is 6.93. The average Bonchev–Trinajstić information content (AvgIpc) is 2.95. The molecule has 1 aromatic carbocycles. The van der Waals surface area contributed by atoms with Crippen LogP contribution in [0.4, 0.5) is 0 Å².